The second-order valence-corrected chi connectivity index (χ2v) is 10.2. The van der Waals surface area contributed by atoms with Crippen molar-refractivity contribution in [3.63, 3.8) is 0 Å². The lowest BCUT2D eigenvalue weighted by molar-refractivity contribution is -0.345. The largest absolute Gasteiger partial charge is 0.472 e. The fraction of sp³-hybridized carbons (Fsp3) is 0.704. The summed E-state index contributed by atoms with van der Waals surface area (Å²) in [5, 5.41) is 0. The van der Waals surface area contributed by atoms with E-state index in [4.69, 9.17) is 42.6 Å². The van der Waals surface area contributed by atoms with E-state index in [1.807, 2.05) is 0 Å². The molecule has 15 heteroatoms. The zero-order valence-electron chi connectivity index (χ0n) is 24.4. The number of ether oxygens (including phenoxy) is 9. The summed E-state index contributed by atoms with van der Waals surface area (Å²) in [7, 11) is 1.22. The molecular formula is C27H36O15. The van der Waals surface area contributed by atoms with Gasteiger partial charge >= 0.3 is 35.8 Å². The van der Waals surface area contributed by atoms with Crippen LogP contribution in [0, 0.1) is 17.8 Å². The zero-order valence-corrected chi connectivity index (χ0v) is 24.4. The molecule has 2 fully saturated rings. The topological polar surface area (TPSA) is 185 Å². The minimum atomic E-state index is -1.51. The van der Waals surface area contributed by atoms with Crippen molar-refractivity contribution in [1.29, 1.82) is 0 Å². The molecule has 15 nitrogen and oxygen atoms in total. The van der Waals surface area contributed by atoms with Crippen LogP contribution in [0.3, 0.4) is 0 Å². The van der Waals surface area contributed by atoms with Crippen molar-refractivity contribution in [3.05, 3.63) is 11.8 Å². The van der Waals surface area contributed by atoms with Crippen LogP contribution in [-0.4, -0.2) is 92.6 Å². The Morgan fingerprint density at radius 1 is 0.786 bits per heavy atom. The highest BCUT2D eigenvalue weighted by atomic mass is 16.8. The van der Waals surface area contributed by atoms with Crippen molar-refractivity contribution < 1.29 is 71.4 Å². The van der Waals surface area contributed by atoms with Crippen molar-refractivity contribution in [2.45, 2.75) is 91.1 Å². The lowest BCUT2D eigenvalue weighted by Crippen LogP contribution is -2.63. The number of rotatable bonds is 9. The molecule has 10 unspecified atom stereocenters. The van der Waals surface area contributed by atoms with Crippen molar-refractivity contribution in [2.24, 2.45) is 17.8 Å². The fourth-order valence-corrected chi connectivity index (χ4v) is 5.57. The Kier molecular flexibility index (Phi) is 10.9. The molecule has 1 aliphatic carbocycles. The molecule has 0 spiro atoms. The minimum absolute atomic E-state index is 0.213. The van der Waals surface area contributed by atoms with Gasteiger partial charge in [-0.05, 0) is 6.42 Å². The minimum Gasteiger partial charge on any atom is -0.472 e. The van der Waals surface area contributed by atoms with Crippen LogP contribution >= 0.6 is 0 Å². The summed E-state index contributed by atoms with van der Waals surface area (Å²) in [5.41, 5.74) is 0.213. The summed E-state index contributed by atoms with van der Waals surface area (Å²) in [5.74, 6) is -5.66. The maximum absolute atomic E-state index is 12.5. The van der Waals surface area contributed by atoms with E-state index in [0.29, 0.717) is 0 Å². The predicted octanol–water partition coefficient (Wildman–Crippen LogP) is 0.703. The van der Waals surface area contributed by atoms with Crippen LogP contribution in [0.4, 0.5) is 0 Å². The molecule has 234 valence electrons. The molecule has 2 heterocycles. The summed E-state index contributed by atoms with van der Waals surface area (Å²) >= 11 is 0. The number of methoxy groups -OCH3 is 1. The number of esters is 6. The first-order valence-electron chi connectivity index (χ1n) is 13.3. The van der Waals surface area contributed by atoms with Gasteiger partial charge in [-0.15, -0.1) is 0 Å². The van der Waals surface area contributed by atoms with Crippen LogP contribution in [-0.2, 0) is 71.4 Å². The average molecular weight is 601 g/mol. The van der Waals surface area contributed by atoms with Gasteiger partial charge in [0.25, 0.3) is 0 Å². The van der Waals surface area contributed by atoms with Gasteiger partial charge in [0.05, 0.1) is 18.9 Å². The number of fused-ring (bicyclic) bond motifs is 1. The molecule has 0 amide bonds. The van der Waals surface area contributed by atoms with Gasteiger partial charge in [0, 0.05) is 52.4 Å². The fourth-order valence-electron chi connectivity index (χ4n) is 5.57. The summed E-state index contributed by atoms with van der Waals surface area (Å²) < 4.78 is 49.8. The van der Waals surface area contributed by atoms with Crippen molar-refractivity contribution >= 4 is 35.8 Å². The van der Waals surface area contributed by atoms with Gasteiger partial charge < -0.3 is 42.6 Å². The smallest absolute Gasteiger partial charge is 0.337 e. The Balaban J connectivity index is 2.01. The Morgan fingerprint density at radius 3 is 1.90 bits per heavy atom. The third-order valence-electron chi connectivity index (χ3n) is 7.14. The second kappa shape index (κ2) is 14.0. The van der Waals surface area contributed by atoms with Crippen LogP contribution in [0.1, 0.15) is 48.0 Å². The molecule has 3 rings (SSSR count). The molecule has 1 saturated carbocycles. The van der Waals surface area contributed by atoms with E-state index in [-0.39, 0.29) is 17.9 Å². The van der Waals surface area contributed by atoms with Gasteiger partial charge in [-0.2, -0.15) is 0 Å². The van der Waals surface area contributed by atoms with Crippen LogP contribution in [0.2, 0.25) is 0 Å². The molecular weight excluding hydrogens is 564 g/mol. The van der Waals surface area contributed by atoms with Crippen molar-refractivity contribution in [1.82, 2.24) is 0 Å². The normalized spacial score (nSPS) is 33.5. The number of hydrogen-bond acceptors (Lipinski definition) is 15. The molecule has 0 aromatic carbocycles. The molecule has 1 saturated heterocycles. The predicted molar refractivity (Wildman–Crippen MR) is 134 cm³/mol. The third kappa shape index (κ3) is 7.76. The van der Waals surface area contributed by atoms with Crippen molar-refractivity contribution in [2.75, 3.05) is 13.7 Å². The lowest BCUT2D eigenvalue weighted by atomic mass is 9.83. The summed E-state index contributed by atoms with van der Waals surface area (Å²) in [6.07, 6.45) is -7.30. The van der Waals surface area contributed by atoms with Gasteiger partial charge in [-0.3, -0.25) is 24.0 Å². The molecule has 0 aromatic heterocycles. The average Bonchev–Trinajstić information content (AvgIpc) is 3.20. The molecule has 2 aliphatic heterocycles. The molecule has 0 radical (unpaired) electrons. The van der Waals surface area contributed by atoms with Crippen LogP contribution < -0.4 is 0 Å². The molecule has 42 heavy (non-hydrogen) atoms. The van der Waals surface area contributed by atoms with Crippen LogP contribution in [0.5, 0.6) is 0 Å². The molecule has 0 bridgehead atoms. The third-order valence-corrected chi connectivity index (χ3v) is 7.14. The van der Waals surface area contributed by atoms with Crippen molar-refractivity contribution in [3.8, 4) is 0 Å². The molecule has 0 aromatic rings. The number of carbonyl (C=O) groups excluding carboxylic acids is 6. The lowest BCUT2D eigenvalue weighted by Gasteiger charge is -2.46. The van der Waals surface area contributed by atoms with Gasteiger partial charge in [0.2, 0.25) is 12.6 Å². The van der Waals surface area contributed by atoms with Gasteiger partial charge in [-0.25, -0.2) is 4.79 Å². The monoisotopic (exact) mass is 600 g/mol. The standard InChI is InChI=1S/C27H36O15/c1-11-19(37-13(3)29)8-17-18(25(33)34-7)9-36-26(21(11)17)42-27-24(40-16(6)32)23(39-15(5)31)22(38-14(4)30)20(41-27)10-35-12(2)28/h9,11,17,19-24,26-27H,8,10H2,1-7H3. The van der Waals surface area contributed by atoms with Gasteiger partial charge in [0.15, 0.2) is 18.3 Å². The number of hydrogen-bond donors (Lipinski definition) is 0. The van der Waals surface area contributed by atoms with E-state index in [1.54, 1.807) is 6.92 Å². The first-order chi connectivity index (χ1) is 19.7. The number of carbonyl (C=O) groups is 6. The highest BCUT2D eigenvalue weighted by molar-refractivity contribution is 5.89. The second-order valence-electron chi connectivity index (χ2n) is 10.2. The maximum Gasteiger partial charge on any atom is 0.337 e. The molecule has 0 N–H and O–H groups in total. The summed E-state index contributed by atoms with van der Waals surface area (Å²) in [6, 6.07) is 0. The van der Waals surface area contributed by atoms with E-state index >= 15 is 0 Å². The first kappa shape index (κ1) is 32.8. The highest BCUT2D eigenvalue weighted by Gasteiger charge is 2.57. The van der Waals surface area contributed by atoms with E-state index in [2.05, 4.69) is 0 Å². The van der Waals surface area contributed by atoms with E-state index in [9.17, 15) is 28.8 Å². The quantitative estimate of drug-likeness (QED) is 0.266. The summed E-state index contributed by atoms with van der Waals surface area (Å²) in [6.45, 7) is 7.11. The Bertz CT molecular complexity index is 1100. The van der Waals surface area contributed by atoms with E-state index < -0.39 is 97.4 Å². The summed E-state index contributed by atoms with van der Waals surface area (Å²) in [4.78, 5) is 72.1. The van der Waals surface area contributed by atoms with E-state index in [1.165, 1.54) is 20.3 Å². The molecule has 10 atom stereocenters. The van der Waals surface area contributed by atoms with Gasteiger partial charge in [-0.1, -0.05) is 6.92 Å². The van der Waals surface area contributed by atoms with E-state index in [0.717, 1.165) is 27.7 Å². The Morgan fingerprint density at radius 2 is 1.36 bits per heavy atom. The highest BCUT2D eigenvalue weighted by Crippen LogP contribution is 2.49. The Labute approximate surface area is 242 Å². The zero-order chi connectivity index (χ0) is 31.3. The van der Waals surface area contributed by atoms with Crippen LogP contribution in [0.15, 0.2) is 11.8 Å². The van der Waals surface area contributed by atoms with Gasteiger partial charge in [0.1, 0.15) is 18.8 Å². The van der Waals surface area contributed by atoms with Crippen LogP contribution in [0.25, 0.3) is 0 Å². The first-order valence-corrected chi connectivity index (χ1v) is 13.3. The SMILES string of the molecule is COC(=O)C1=COC(OC2OC(COC(C)=O)C(OC(C)=O)C(OC(C)=O)C2OC(C)=O)C2C1CC(OC(C)=O)C2C. The maximum atomic E-state index is 12.5. The molecule has 3 aliphatic rings. The Hall–Kier alpha value is -3.72.